The number of benzene rings is 1. The summed E-state index contributed by atoms with van der Waals surface area (Å²) in [4.78, 5) is 0. The van der Waals surface area contributed by atoms with E-state index in [0.717, 1.165) is 25.7 Å². The van der Waals surface area contributed by atoms with Crippen LogP contribution in [0.5, 0.6) is 11.5 Å². The van der Waals surface area contributed by atoms with Crippen molar-refractivity contribution in [1.29, 1.82) is 5.26 Å². The molecule has 20 heavy (non-hydrogen) atoms. The van der Waals surface area contributed by atoms with Crippen LogP contribution in [0, 0.1) is 17.2 Å². The van der Waals surface area contributed by atoms with Gasteiger partial charge in [-0.15, -0.1) is 0 Å². The van der Waals surface area contributed by atoms with Gasteiger partial charge in [0.1, 0.15) is 6.61 Å². The van der Waals surface area contributed by atoms with E-state index in [-0.39, 0.29) is 6.61 Å². The molecule has 1 aliphatic carbocycles. The number of ether oxygens (including phenoxy) is 2. The molecule has 108 valence electrons. The van der Waals surface area contributed by atoms with E-state index in [0.29, 0.717) is 23.0 Å². The van der Waals surface area contributed by atoms with E-state index < -0.39 is 5.60 Å². The van der Waals surface area contributed by atoms with Gasteiger partial charge in [0.25, 0.3) is 0 Å². The van der Waals surface area contributed by atoms with Gasteiger partial charge in [-0.25, -0.2) is 0 Å². The van der Waals surface area contributed by atoms with Crippen LogP contribution >= 0.6 is 0 Å². The Morgan fingerprint density at radius 3 is 2.65 bits per heavy atom. The Morgan fingerprint density at radius 1 is 1.35 bits per heavy atom. The topological polar surface area (TPSA) is 62.5 Å². The van der Waals surface area contributed by atoms with Gasteiger partial charge >= 0.3 is 0 Å². The lowest BCUT2D eigenvalue weighted by Gasteiger charge is -2.34. The van der Waals surface area contributed by atoms with Gasteiger partial charge in [0.05, 0.1) is 24.3 Å². The maximum atomic E-state index is 10.5. The Kier molecular flexibility index (Phi) is 4.51. The van der Waals surface area contributed by atoms with E-state index in [1.807, 2.05) is 0 Å². The second-order valence-electron chi connectivity index (χ2n) is 5.67. The van der Waals surface area contributed by atoms with Gasteiger partial charge in [-0.3, -0.25) is 0 Å². The number of hydrogen-bond acceptors (Lipinski definition) is 4. The first kappa shape index (κ1) is 14.7. The summed E-state index contributed by atoms with van der Waals surface area (Å²) in [6.07, 6.45) is 3.61. The number of hydrogen-bond donors (Lipinski definition) is 1. The average molecular weight is 275 g/mol. The third kappa shape index (κ3) is 3.43. The van der Waals surface area contributed by atoms with E-state index >= 15 is 0 Å². The summed E-state index contributed by atoms with van der Waals surface area (Å²) in [6.45, 7) is 2.48. The molecule has 1 aliphatic rings. The molecule has 0 bridgehead atoms. The second-order valence-corrected chi connectivity index (χ2v) is 5.67. The fourth-order valence-corrected chi connectivity index (χ4v) is 2.51. The van der Waals surface area contributed by atoms with Gasteiger partial charge in [-0.05, 0) is 43.7 Å². The summed E-state index contributed by atoms with van der Waals surface area (Å²) >= 11 is 0. The third-order valence-corrected chi connectivity index (χ3v) is 3.99. The van der Waals surface area contributed by atoms with Crippen LogP contribution in [0.3, 0.4) is 0 Å². The van der Waals surface area contributed by atoms with Crippen LogP contribution in [0.1, 0.15) is 38.2 Å². The third-order valence-electron chi connectivity index (χ3n) is 3.99. The highest BCUT2D eigenvalue weighted by Crippen LogP contribution is 2.34. The van der Waals surface area contributed by atoms with Gasteiger partial charge in [-0.2, -0.15) is 5.26 Å². The number of aliphatic hydroxyl groups is 1. The van der Waals surface area contributed by atoms with Gasteiger partial charge in [-0.1, -0.05) is 6.92 Å². The minimum atomic E-state index is -0.745. The number of nitriles is 1. The first-order valence-corrected chi connectivity index (χ1v) is 6.99. The maximum absolute atomic E-state index is 10.5. The number of nitrogens with zero attached hydrogens (tertiary/aromatic N) is 1. The minimum absolute atomic E-state index is 0.266. The normalized spacial score (nSPS) is 25.8. The van der Waals surface area contributed by atoms with Crippen LogP contribution < -0.4 is 9.47 Å². The molecule has 0 atom stereocenters. The fraction of sp³-hybridized carbons (Fsp3) is 0.562. The maximum Gasteiger partial charge on any atom is 0.162 e. The molecule has 1 aromatic carbocycles. The highest BCUT2D eigenvalue weighted by atomic mass is 16.5. The lowest BCUT2D eigenvalue weighted by atomic mass is 9.80. The van der Waals surface area contributed by atoms with E-state index in [1.165, 1.54) is 0 Å². The summed E-state index contributed by atoms with van der Waals surface area (Å²) in [5.41, 5.74) is -0.217. The molecular formula is C16H21NO3. The summed E-state index contributed by atoms with van der Waals surface area (Å²) in [5, 5.41) is 19.4. The second kappa shape index (κ2) is 6.15. The Morgan fingerprint density at radius 2 is 2.05 bits per heavy atom. The number of rotatable bonds is 4. The lowest BCUT2D eigenvalue weighted by Crippen LogP contribution is -2.39. The first-order chi connectivity index (χ1) is 9.56. The van der Waals surface area contributed by atoms with Crippen molar-refractivity contribution in [2.45, 2.75) is 38.2 Å². The molecule has 4 heteroatoms. The SMILES string of the molecule is COc1cc(C#N)ccc1OCC1(O)CCC(C)CC1. The highest BCUT2D eigenvalue weighted by Gasteiger charge is 2.32. The van der Waals surface area contributed by atoms with E-state index in [1.54, 1.807) is 25.3 Å². The molecule has 1 aromatic rings. The van der Waals surface area contributed by atoms with Crippen LogP contribution in [-0.4, -0.2) is 24.4 Å². The Balaban J connectivity index is 2.02. The van der Waals surface area contributed by atoms with Crippen LogP contribution in [0.25, 0.3) is 0 Å². The molecule has 1 fully saturated rings. The van der Waals surface area contributed by atoms with Crippen molar-refractivity contribution < 1.29 is 14.6 Å². The molecule has 0 amide bonds. The van der Waals surface area contributed by atoms with E-state index in [4.69, 9.17) is 14.7 Å². The zero-order valence-corrected chi connectivity index (χ0v) is 12.1. The van der Waals surface area contributed by atoms with Crippen molar-refractivity contribution in [3.05, 3.63) is 23.8 Å². The highest BCUT2D eigenvalue weighted by molar-refractivity contribution is 5.46. The van der Waals surface area contributed by atoms with Crippen molar-refractivity contribution in [2.75, 3.05) is 13.7 Å². The molecule has 0 spiro atoms. The molecule has 0 saturated heterocycles. The summed E-state index contributed by atoms with van der Waals surface area (Å²) in [6, 6.07) is 7.10. The molecule has 0 aliphatic heterocycles. The number of methoxy groups -OCH3 is 1. The van der Waals surface area contributed by atoms with Crippen LogP contribution in [0.2, 0.25) is 0 Å². The Labute approximate surface area is 119 Å². The zero-order chi connectivity index (χ0) is 14.6. The van der Waals surface area contributed by atoms with Gasteiger partial charge in [0.2, 0.25) is 0 Å². The van der Waals surface area contributed by atoms with Crippen molar-refractivity contribution in [3.63, 3.8) is 0 Å². The van der Waals surface area contributed by atoms with Crippen LogP contribution in [0.4, 0.5) is 0 Å². The van der Waals surface area contributed by atoms with E-state index in [2.05, 4.69) is 13.0 Å². The smallest absolute Gasteiger partial charge is 0.162 e. The standard InChI is InChI=1S/C16H21NO3/c1-12-5-7-16(18,8-6-12)11-20-14-4-3-13(10-17)9-15(14)19-2/h3-4,9,12,18H,5-8,11H2,1-2H3. The Bertz CT molecular complexity index is 499. The zero-order valence-electron chi connectivity index (χ0n) is 12.1. The predicted octanol–water partition coefficient (Wildman–Crippen LogP) is 2.89. The molecule has 4 nitrogen and oxygen atoms in total. The monoisotopic (exact) mass is 275 g/mol. The molecular weight excluding hydrogens is 254 g/mol. The van der Waals surface area contributed by atoms with Crippen molar-refractivity contribution in [3.8, 4) is 17.6 Å². The van der Waals surface area contributed by atoms with Gasteiger partial charge in [0.15, 0.2) is 11.5 Å². The first-order valence-electron chi connectivity index (χ1n) is 6.99. The van der Waals surface area contributed by atoms with Crippen LogP contribution in [0.15, 0.2) is 18.2 Å². The molecule has 0 unspecified atom stereocenters. The molecule has 0 heterocycles. The average Bonchev–Trinajstić information content (AvgIpc) is 2.48. The summed E-state index contributed by atoms with van der Waals surface area (Å²) < 4.78 is 10.9. The summed E-state index contributed by atoms with van der Waals surface area (Å²) in [7, 11) is 1.54. The van der Waals surface area contributed by atoms with Gasteiger partial charge < -0.3 is 14.6 Å². The van der Waals surface area contributed by atoms with Crippen LogP contribution in [-0.2, 0) is 0 Å². The largest absolute Gasteiger partial charge is 0.493 e. The van der Waals surface area contributed by atoms with Crippen molar-refractivity contribution >= 4 is 0 Å². The van der Waals surface area contributed by atoms with E-state index in [9.17, 15) is 5.11 Å². The molecule has 0 radical (unpaired) electrons. The molecule has 1 N–H and O–H groups in total. The molecule has 1 saturated carbocycles. The molecule has 0 aromatic heterocycles. The minimum Gasteiger partial charge on any atom is -0.493 e. The Hall–Kier alpha value is -1.73. The van der Waals surface area contributed by atoms with Crippen molar-refractivity contribution in [1.82, 2.24) is 0 Å². The predicted molar refractivity (Wildman–Crippen MR) is 75.8 cm³/mol. The molecule has 2 rings (SSSR count). The van der Waals surface area contributed by atoms with Crippen molar-refractivity contribution in [2.24, 2.45) is 5.92 Å². The fourth-order valence-electron chi connectivity index (χ4n) is 2.51. The lowest BCUT2D eigenvalue weighted by molar-refractivity contribution is -0.0429. The quantitative estimate of drug-likeness (QED) is 0.917. The van der Waals surface area contributed by atoms with Gasteiger partial charge in [0, 0.05) is 6.07 Å². The summed E-state index contributed by atoms with van der Waals surface area (Å²) in [5.74, 6) is 1.77.